The number of benzene rings is 1. The molecule has 0 amide bonds. The molecule has 1 aromatic rings. The second-order valence-corrected chi connectivity index (χ2v) is 32.0. The average Bonchev–Trinajstić information content (AvgIpc) is 3.25. The number of nitrogens with zero attached hydrogens (tertiary/aromatic N) is 1. The van der Waals surface area contributed by atoms with Gasteiger partial charge in [-0.05, 0) is 150 Å². The second-order valence-electron chi connectivity index (χ2n) is 18.6. The number of oxime groups is 1. The van der Waals surface area contributed by atoms with Crippen LogP contribution in [0.25, 0.3) is 0 Å². The van der Waals surface area contributed by atoms with Gasteiger partial charge in [0.05, 0.1) is 12.3 Å². The van der Waals surface area contributed by atoms with E-state index in [1.165, 1.54) is 44.9 Å². The Hall–Kier alpha value is -0.779. The molecule has 0 spiro atoms. The number of hydrogen-bond donors (Lipinski definition) is 0. The van der Waals surface area contributed by atoms with E-state index in [1.54, 1.807) is 0 Å². The van der Waals surface area contributed by atoms with Gasteiger partial charge < -0.3 is 18.1 Å². The quantitative estimate of drug-likeness (QED) is 0.133. The van der Waals surface area contributed by atoms with E-state index in [9.17, 15) is 0 Å². The van der Waals surface area contributed by atoms with Gasteiger partial charge in [-0.25, -0.2) is 0 Å². The summed E-state index contributed by atoms with van der Waals surface area (Å²) in [5, 5.41) is 4.93. The monoisotopic (exact) mass is 671 g/mol. The van der Waals surface area contributed by atoms with Crippen LogP contribution in [0.15, 0.2) is 35.5 Å². The van der Waals surface area contributed by atoms with Gasteiger partial charge in [-0.15, -0.1) is 0 Å². The Labute approximate surface area is 279 Å². The molecule has 254 valence electrons. The van der Waals surface area contributed by atoms with Gasteiger partial charge in [-0.2, -0.15) is 0 Å². The molecule has 0 aliphatic heterocycles. The van der Waals surface area contributed by atoms with E-state index in [0.29, 0.717) is 48.6 Å². The first-order chi connectivity index (χ1) is 20.9. The SMILES string of the molecule is C[C@]12CC[C@@H](O[Si](C)(C)C)C[C@@H]1CC[C@@H]1[C@@H]2[C@@H](O[Si](C)(C)C)C[C@]2(C)[C@@H](/C(CO[Si](C)(C)C)=N/OCc3ccccc3)CC[C@@H]12. The Balaban J connectivity index is 1.43. The fraction of sp³-hybridized carbons (Fsp3) is 0.811. The van der Waals surface area contributed by atoms with Crippen LogP contribution in [0, 0.1) is 40.4 Å². The number of rotatable bonds is 11. The van der Waals surface area contributed by atoms with Crippen molar-refractivity contribution in [3.63, 3.8) is 0 Å². The van der Waals surface area contributed by atoms with E-state index in [0.717, 1.165) is 29.5 Å². The van der Waals surface area contributed by atoms with Gasteiger partial charge in [0.1, 0.15) is 6.61 Å². The lowest BCUT2D eigenvalue weighted by atomic mass is 9.44. The highest BCUT2D eigenvalue weighted by atomic mass is 28.4. The standard InChI is InChI=1S/C37H65NO4Si3/c1-36-22-21-29(41-44(6,7)8)23-28(36)17-18-30-31-19-20-32(37(31,2)24-34(35(30)36)42-45(9,10)11)33(26-40-43(3,4)5)38-39-25-27-15-13-12-14-16-27/h12-16,28-32,34-35H,17-26H2,1-11H3/b38-33+/t28-,29+,30-,31-,32+,34-,35+,36-,37-/m0/s1. The molecule has 4 fully saturated rings. The Kier molecular flexibility index (Phi) is 10.5. The molecule has 5 nitrogen and oxygen atoms in total. The van der Waals surface area contributed by atoms with E-state index in [-0.39, 0.29) is 5.41 Å². The van der Waals surface area contributed by atoms with Crippen LogP contribution in [0.4, 0.5) is 0 Å². The lowest BCUT2D eigenvalue weighted by molar-refractivity contribution is -0.168. The molecule has 4 aliphatic carbocycles. The van der Waals surface area contributed by atoms with Gasteiger partial charge in [0.2, 0.25) is 0 Å². The third-order valence-electron chi connectivity index (χ3n) is 11.9. The summed E-state index contributed by atoms with van der Waals surface area (Å²) in [5.74, 6) is 3.18. The molecule has 1 aromatic carbocycles. The van der Waals surface area contributed by atoms with Crippen molar-refractivity contribution in [2.75, 3.05) is 6.61 Å². The van der Waals surface area contributed by atoms with Gasteiger partial charge in [-0.1, -0.05) is 49.3 Å². The molecule has 9 atom stereocenters. The minimum Gasteiger partial charge on any atom is -0.415 e. The normalized spacial score (nSPS) is 37.5. The van der Waals surface area contributed by atoms with Crippen LogP contribution in [0.2, 0.25) is 58.9 Å². The first kappa shape index (κ1) is 35.5. The molecule has 0 bridgehead atoms. The molecule has 5 rings (SSSR count). The van der Waals surface area contributed by atoms with E-state index < -0.39 is 25.0 Å². The zero-order chi connectivity index (χ0) is 32.8. The minimum absolute atomic E-state index is 0.143. The smallest absolute Gasteiger partial charge is 0.184 e. The molecule has 8 heteroatoms. The van der Waals surface area contributed by atoms with Gasteiger partial charge in [0.25, 0.3) is 0 Å². The number of fused-ring (bicyclic) bond motifs is 5. The van der Waals surface area contributed by atoms with Crippen molar-refractivity contribution in [2.24, 2.45) is 45.6 Å². The predicted molar refractivity (Wildman–Crippen MR) is 195 cm³/mol. The second kappa shape index (κ2) is 13.3. The summed E-state index contributed by atoms with van der Waals surface area (Å²) < 4.78 is 20.6. The first-order valence-electron chi connectivity index (χ1n) is 18.1. The van der Waals surface area contributed by atoms with Crippen molar-refractivity contribution >= 4 is 30.7 Å². The molecule has 4 saturated carbocycles. The summed E-state index contributed by atoms with van der Waals surface area (Å²) in [6, 6.07) is 10.4. The average molecular weight is 672 g/mol. The number of hydrogen-bond acceptors (Lipinski definition) is 5. The third-order valence-corrected chi connectivity index (χ3v) is 14.9. The van der Waals surface area contributed by atoms with Crippen molar-refractivity contribution in [1.29, 1.82) is 0 Å². The topological polar surface area (TPSA) is 49.3 Å². The molecule has 4 aliphatic rings. The summed E-state index contributed by atoms with van der Waals surface area (Å²) in [6.07, 6.45) is 10.8. The van der Waals surface area contributed by atoms with E-state index in [4.69, 9.17) is 23.3 Å². The molecule has 0 N–H and O–H groups in total. The highest BCUT2D eigenvalue weighted by Gasteiger charge is 2.64. The van der Waals surface area contributed by atoms with Crippen molar-refractivity contribution in [3.8, 4) is 0 Å². The summed E-state index contributed by atoms with van der Waals surface area (Å²) >= 11 is 0. The minimum atomic E-state index is -1.77. The van der Waals surface area contributed by atoms with Gasteiger partial charge >= 0.3 is 0 Å². The van der Waals surface area contributed by atoms with E-state index in [2.05, 4.69) is 103 Å². The maximum absolute atomic E-state index is 7.34. The lowest BCUT2D eigenvalue weighted by Crippen LogP contribution is -2.61. The highest BCUT2D eigenvalue weighted by Crippen LogP contribution is 2.68. The van der Waals surface area contributed by atoms with Crippen LogP contribution in [0.1, 0.15) is 70.8 Å². The molecule has 0 heterocycles. The molecule has 0 aromatic heterocycles. The zero-order valence-corrected chi connectivity index (χ0v) is 33.6. The third kappa shape index (κ3) is 8.27. The summed E-state index contributed by atoms with van der Waals surface area (Å²) in [5.41, 5.74) is 2.77. The molecule has 0 radical (unpaired) electrons. The van der Waals surface area contributed by atoms with Gasteiger partial charge in [-0.3, -0.25) is 0 Å². The first-order valence-corrected chi connectivity index (χ1v) is 28.3. The van der Waals surface area contributed by atoms with E-state index in [1.807, 2.05) is 0 Å². The largest absolute Gasteiger partial charge is 0.415 e. The molecular weight excluding hydrogens is 607 g/mol. The van der Waals surface area contributed by atoms with Crippen LogP contribution in [0.5, 0.6) is 0 Å². The lowest BCUT2D eigenvalue weighted by Gasteiger charge is -2.64. The van der Waals surface area contributed by atoms with Gasteiger partial charge in [0.15, 0.2) is 25.0 Å². The maximum atomic E-state index is 7.34. The van der Waals surface area contributed by atoms with Crippen LogP contribution < -0.4 is 0 Å². The summed E-state index contributed by atoms with van der Waals surface area (Å²) in [4.78, 5) is 6.12. The van der Waals surface area contributed by atoms with Crippen LogP contribution in [0.3, 0.4) is 0 Å². The zero-order valence-electron chi connectivity index (χ0n) is 30.6. The highest BCUT2D eigenvalue weighted by molar-refractivity contribution is 6.70. The van der Waals surface area contributed by atoms with Crippen molar-refractivity contribution in [2.45, 2.75) is 143 Å². The van der Waals surface area contributed by atoms with Crippen LogP contribution >= 0.6 is 0 Å². The molecular formula is C37H65NO4Si3. The summed E-state index contributed by atoms with van der Waals surface area (Å²) in [6.45, 7) is 27.4. The Morgan fingerprint density at radius 3 is 2.13 bits per heavy atom. The summed E-state index contributed by atoms with van der Waals surface area (Å²) in [7, 11) is -5.05. The van der Waals surface area contributed by atoms with Crippen molar-refractivity contribution in [3.05, 3.63) is 35.9 Å². The molecule has 0 saturated heterocycles. The Bertz CT molecular complexity index is 1170. The fourth-order valence-electron chi connectivity index (χ4n) is 10.3. The van der Waals surface area contributed by atoms with Crippen molar-refractivity contribution in [1.82, 2.24) is 0 Å². The van der Waals surface area contributed by atoms with Crippen molar-refractivity contribution < 1.29 is 18.1 Å². The fourth-order valence-corrected chi connectivity index (χ4v) is 13.2. The predicted octanol–water partition coefficient (Wildman–Crippen LogP) is 10.1. The van der Waals surface area contributed by atoms with Crippen LogP contribution in [-0.2, 0) is 24.7 Å². The maximum Gasteiger partial charge on any atom is 0.184 e. The Morgan fingerprint density at radius 2 is 1.49 bits per heavy atom. The van der Waals surface area contributed by atoms with E-state index >= 15 is 0 Å². The van der Waals surface area contributed by atoms with Crippen LogP contribution in [-0.4, -0.2) is 49.5 Å². The Morgan fingerprint density at radius 1 is 0.800 bits per heavy atom. The molecule has 0 unspecified atom stereocenters. The molecule has 45 heavy (non-hydrogen) atoms. The van der Waals surface area contributed by atoms with Gasteiger partial charge in [0, 0.05) is 18.1 Å².